The van der Waals surface area contributed by atoms with Crippen LogP contribution < -0.4 is 5.32 Å². The van der Waals surface area contributed by atoms with E-state index < -0.39 is 0 Å². The lowest BCUT2D eigenvalue weighted by molar-refractivity contribution is 0.460. The highest BCUT2D eigenvalue weighted by molar-refractivity contribution is 7.12. The highest BCUT2D eigenvalue weighted by atomic mass is 32.1. The van der Waals surface area contributed by atoms with Gasteiger partial charge in [-0.3, -0.25) is 0 Å². The van der Waals surface area contributed by atoms with Crippen LogP contribution in [0.5, 0.6) is 0 Å². The zero-order valence-electron chi connectivity index (χ0n) is 11.7. The molecule has 0 saturated carbocycles. The number of thiazole rings is 1. The molecule has 4 rings (SSSR count). The lowest BCUT2D eigenvalue weighted by Crippen LogP contribution is -2.28. The zero-order chi connectivity index (χ0) is 13.4. The van der Waals surface area contributed by atoms with Crippen LogP contribution in [0.25, 0.3) is 11.3 Å². The maximum Gasteiger partial charge on any atom is 0.0979 e. The van der Waals surface area contributed by atoms with Crippen molar-refractivity contribution >= 4 is 11.3 Å². The van der Waals surface area contributed by atoms with Gasteiger partial charge >= 0.3 is 0 Å². The number of aryl methyl sites for hydroxylation is 2. The smallest absolute Gasteiger partial charge is 0.0979 e. The maximum atomic E-state index is 5.05. The van der Waals surface area contributed by atoms with E-state index in [0.29, 0.717) is 5.92 Å². The molecule has 2 nitrogen and oxygen atoms in total. The van der Waals surface area contributed by atoms with E-state index in [-0.39, 0.29) is 0 Å². The van der Waals surface area contributed by atoms with Crippen LogP contribution in [0.15, 0.2) is 24.3 Å². The van der Waals surface area contributed by atoms with E-state index in [2.05, 4.69) is 29.6 Å². The first kappa shape index (κ1) is 12.5. The topological polar surface area (TPSA) is 24.9 Å². The molecule has 1 fully saturated rings. The summed E-state index contributed by atoms with van der Waals surface area (Å²) >= 11 is 1.97. The first-order valence-corrected chi connectivity index (χ1v) is 8.52. The molecule has 1 aromatic carbocycles. The van der Waals surface area contributed by atoms with Gasteiger partial charge in [-0.25, -0.2) is 4.98 Å². The summed E-state index contributed by atoms with van der Waals surface area (Å²) < 4.78 is 0. The molecular formula is C17H20N2S. The number of benzene rings is 1. The van der Waals surface area contributed by atoms with E-state index in [1.54, 1.807) is 0 Å². The van der Waals surface area contributed by atoms with Crippen molar-refractivity contribution in [3.05, 3.63) is 39.7 Å². The Morgan fingerprint density at radius 3 is 3.00 bits per heavy atom. The van der Waals surface area contributed by atoms with Crippen molar-refractivity contribution in [3.63, 3.8) is 0 Å². The van der Waals surface area contributed by atoms with Gasteiger partial charge in [-0.05, 0) is 44.2 Å². The largest absolute Gasteiger partial charge is 0.316 e. The van der Waals surface area contributed by atoms with Crippen LogP contribution in [0.4, 0.5) is 0 Å². The molecule has 1 N–H and O–H groups in total. The minimum atomic E-state index is 0.632. The Balaban J connectivity index is 1.75. The molecule has 0 amide bonds. The standard InChI is InChI=1S/C17H20N2S/c1-2-8-14-12(5-1)6-3-9-15-16(14)19-17(20-15)13-7-4-10-18-11-13/h1-2,5,8,13,18H,3-4,6-7,9-11H2. The first-order valence-electron chi connectivity index (χ1n) is 7.70. The van der Waals surface area contributed by atoms with E-state index in [4.69, 9.17) is 4.98 Å². The average molecular weight is 284 g/mol. The Morgan fingerprint density at radius 2 is 2.10 bits per heavy atom. The summed E-state index contributed by atoms with van der Waals surface area (Å²) in [6, 6.07) is 8.82. The Kier molecular flexibility index (Phi) is 3.32. The van der Waals surface area contributed by atoms with Gasteiger partial charge in [-0.1, -0.05) is 24.3 Å². The second kappa shape index (κ2) is 5.30. The summed E-state index contributed by atoms with van der Waals surface area (Å²) in [4.78, 5) is 6.56. The van der Waals surface area contributed by atoms with E-state index in [1.165, 1.54) is 65.4 Å². The SMILES string of the molecule is c1ccc2c(c1)CCCc1sc(C3CCCNC3)nc1-2. The summed E-state index contributed by atoms with van der Waals surface area (Å²) in [5.74, 6) is 0.632. The Bertz CT molecular complexity index is 611. The van der Waals surface area contributed by atoms with Crippen LogP contribution in [0.1, 0.15) is 40.6 Å². The third kappa shape index (κ3) is 2.19. The third-order valence-electron chi connectivity index (χ3n) is 4.48. The average Bonchev–Trinajstić information content (AvgIpc) is 2.85. The number of aromatic nitrogens is 1. The summed E-state index contributed by atoms with van der Waals surface area (Å²) in [7, 11) is 0. The molecule has 0 spiro atoms. The minimum Gasteiger partial charge on any atom is -0.316 e. The molecule has 0 bridgehead atoms. The van der Waals surface area contributed by atoms with Crippen LogP contribution in [-0.4, -0.2) is 18.1 Å². The lowest BCUT2D eigenvalue weighted by atomic mass is 10.00. The molecule has 104 valence electrons. The molecule has 0 radical (unpaired) electrons. The monoisotopic (exact) mass is 284 g/mol. The molecule has 1 unspecified atom stereocenters. The second-order valence-electron chi connectivity index (χ2n) is 5.88. The quantitative estimate of drug-likeness (QED) is 0.862. The van der Waals surface area contributed by atoms with Crippen molar-refractivity contribution in [1.29, 1.82) is 0 Å². The lowest BCUT2D eigenvalue weighted by Gasteiger charge is -2.20. The molecule has 20 heavy (non-hydrogen) atoms. The fourth-order valence-electron chi connectivity index (χ4n) is 3.40. The summed E-state index contributed by atoms with van der Waals surface area (Å²) in [5, 5.41) is 4.87. The maximum absolute atomic E-state index is 5.05. The van der Waals surface area contributed by atoms with Crippen molar-refractivity contribution in [2.24, 2.45) is 0 Å². The van der Waals surface area contributed by atoms with E-state index in [1.807, 2.05) is 11.3 Å². The van der Waals surface area contributed by atoms with E-state index in [9.17, 15) is 0 Å². The van der Waals surface area contributed by atoms with Crippen molar-refractivity contribution in [2.75, 3.05) is 13.1 Å². The number of fused-ring (bicyclic) bond motifs is 3. The number of piperidine rings is 1. The van der Waals surface area contributed by atoms with Gasteiger partial charge < -0.3 is 5.32 Å². The molecule has 2 heterocycles. The van der Waals surface area contributed by atoms with Gasteiger partial charge in [0.15, 0.2) is 0 Å². The molecule has 2 aromatic rings. The van der Waals surface area contributed by atoms with Crippen molar-refractivity contribution < 1.29 is 0 Å². The van der Waals surface area contributed by atoms with Gasteiger partial charge in [-0.15, -0.1) is 11.3 Å². The number of rotatable bonds is 1. The van der Waals surface area contributed by atoms with Crippen molar-refractivity contribution in [1.82, 2.24) is 10.3 Å². The van der Waals surface area contributed by atoms with Gasteiger partial charge in [0, 0.05) is 22.9 Å². The van der Waals surface area contributed by atoms with Crippen molar-refractivity contribution in [2.45, 2.75) is 38.0 Å². The van der Waals surface area contributed by atoms with E-state index >= 15 is 0 Å². The highest BCUT2D eigenvalue weighted by Gasteiger charge is 2.23. The molecule has 3 heteroatoms. The van der Waals surface area contributed by atoms with Crippen molar-refractivity contribution in [3.8, 4) is 11.3 Å². The van der Waals surface area contributed by atoms with Gasteiger partial charge in [0.1, 0.15) is 0 Å². The van der Waals surface area contributed by atoms with Crippen LogP contribution in [0.2, 0.25) is 0 Å². The van der Waals surface area contributed by atoms with Crippen LogP contribution >= 0.6 is 11.3 Å². The first-order chi connectivity index (χ1) is 9.92. The third-order valence-corrected chi connectivity index (χ3v) is 5.76. The predicted molar refractivity (Wildman–Crippen MR) is 84.4 cm³/mol. The summed E-state index contributed by atoms with van der Waals surface area (Å²) in [5.41, 5.74) is 4.14. The fraction of sp³-hybridized carbons (Fsp3) is 0.471. The fourth-order valence-corrected chi connectivity index (χ4v) is 4.65. The number of hydrogen-bond acceptors (Lipinski definition) is 3. The summed E-state index contributed by atoms with van der Waals surface area (Å²) in [6.07, 6.45) is 6.22. The molecule has 1 aliphatic heterocycles. The normalized spacial score (nSPS) is 21.9. The van der Waals surface area contributed by atoms with Gasteiger partial charge in [0.25, 0.3) is 0 Å². The molecule has 1 atom stereocenters. The predicted octanol–water partition coefficient (Wildman–Crippen LogP) is 3.77. The molecule has 1 aliphatic carbocycles. The van der Waals surface area contributed by atoms with E-state index in [0.717, 1.165) is 6.54 Å². The Labute approximate surface area is 124 Å². The van der Waals surface area contributed by atoms with Gasteiger partial charge in [-0.2, -0.15) is 0 Å². The van der Waals surface area contributed by atoms with Crippen LogP contribution in [0.3, 0.4) is 0 Å². The van der Waals surface area contributed by atoms with Gasteiger partial charge in [0.05, 0.1) is 10.7 Å². The second-order valence-corrected chi connectivity index (χ2v) is 6.99. The Hall–Kier alpha value is -1.19. The zero-order valence-corrected chi connectivity index (χ0v) is 12.5. The molecule has 1 saturated heterocycles. The minimum absolute atomic E-state index is 0.632. The molecule has 2 aliphatic rings. The Morgan fingerprint density at radius 1 is 1.15 bits per heavy atom. The van der Waals surface area contributed by atoms with Crippen LogP contribution in [0, 0.1) is 0 Å². The number of nitrogens with one attached hydrogen (secondary N) is 1. The number of nitrogens with zero attached hydrogens (tertiary/aromatic N) is 1. The summed E-state index contributed by atoms with van der Waals surface area (Å²) in [6.45, 7) is 2.28. The molecule has 1 aromatic heterocycles. The molecular weight excluding hydrogens is 264 g/mol. The number of hydrogen-bond donors (Lipinski definition) is 1. The van der Waals surface area contributed by atoms with Gasteiger partial charge in [0.2, 0.25) is 0 Å². The van der Waals surface area contributed by atoms with Crippen LogP contribution in [-0.2, 0) is 12.8 Å². The highest BCUT2D eigenvalue weighted by Crippen LogP contribution is 2.38.